The molecule has 0 aromatic heterocycles. The Balaban J connectivity index is 2.96. The van der Waals surface area contributed by atoms with Crippen LogP contribution in [-0.4, -0.2) is 25.2 Å². The Morgan fingerprint density at radius 1 is 1.25 bits per heavy atom. The minimum absolute atomic E-state index is 0.227. The summed E-state index contributed by atoms with van der Waals surface area (Å²) >= 11 is 0. The van der Waals surface area contributed by atoms with E-state index in [9.17, 15) is 22.8 Å². The van der Waals surface area contributed by atoms with Gasteiger partial charge in [0, 0.05) is 6.92 Å². The summed E-state index contributed by atoms with van der Waals surface area (Å²) < 4.78 is 41.9. The topological polar surface area (TPSA) is 55.4 Å². The molecular formula is C13H14F3NO3. The molecule has 0 heterocycles. The molecule has 0 saturated heterocycles. The van der Waals surface area contributed by atoms with Crippen LogP contribution in [0.1, 0.15) is 35.3 Å². The molecule has 0 aliphatic carbocycles. The number of esters is 1. The van der Waals surface area contributed by atoms with Crippen molar-refractivity contribution < 1.29 is 27.5 Å². The number of nitrogens with one attached hydrogen (secondary N) is 1. The second-order valence-corrected chi connectivity index (χ2v) is 4.19. The Bertz CT molecular complexity index is 483. The summed E-state index contributed by atoms with van der Waals surface area (Å²) in [5.74, 6) is -1.14. The third-order valence-electron chi connectivity index (χ3n) is 2.55. The highest BCUT2D eigenvalue weighted by molar-refractivity contribution is 5.89. The van der Waals surface area contributed by atoms with E-state index >= 15 is 0 Å². The van der Waals surface area contributed by atoms with E-state index < -0.39 is 30.5 Å². The number of amides is 1. The average molecular weight is 289 g/mol. The first-order chi connectivity index (χ1) is 9.23. The molecule has 0 fully saturated rings. The minimum atomic E-state index is -4.41. The summed E-state index contributed by atoms with van der Waals surface area (Å²) in [4.78, 5) is 22.2. The largest absolute Gasteiger partial charge is 0.465 e. The molecule has 1 rings (SSSR count). The van der Waals surface area contributed by atoms with Gasteiger partial charge < -0.3 is 10.1 Å². The lowest BCUT2D eigenvalue weighted by atomic mass is 10.0. The first-order valence-electron chi connectivity index (χ1n) is 5.75. The van der Waals surface area contributed by atoms with Gasteiger partial charge in [-0.2, -0.15) is 13.2 Å². The molecule has 4 nitrogen and oxygen atoms in total. The van der Waals surface area contributed by atoms with E-state index in [0.29, 0.717) is 0 Å². The molecule has 0 aliphatic rings. The van der Waals surface area contributed by atoms with Gasteiger partial charge >= 0.3 is 12.1 Å². The molecule has 110 valence electrons. The number of hydrogen-bond donors (Lipinski definition) is 1. The zero-order chi connectivity index (χ0) is 15.3. The summed E-state index contributed by atoms with van der Waals surface area (Å²) in [6.45, 7) is 1.15. The Kier molecular flexibility index (Phi) is 5.12. The zero-order valence-corrected chi connectivity index (χ0v) is 11.0. The fourth-order valence-electron chi connectivity index (χ4n) is 1.70. The monoisotopic (exact) mass is 289 g/mol. The molecule has 1 aromatic rings. The molecule has 0 aliphatic heterocycles. The standard InChI is InChI=1S/C13H14F3NO3/c1-8(18)17-11(7-13(14,15)16)9-3-5-10(6-4-9)12(19)20-2/h3-6,11H,7H2,1-2H3,(H,17,18). The number of ether oxygens (including phenoxy) is 1. The first kappa shape index (κ1) is 16.0. The van der Waals surface area contributed by atoms with Gasteiger partial charge in [-0.05, 0) is 17.7 Å². The highest BCUT2D eigenvalue weighted by Crippen LogP contribution is 2.29. The third kappa shape index (κ3) is 4.91. The van der Waals surface area contributed by atoms with Gasteiger partial charge in [0.15, 0.2) is 0 Å². The van der Waals surface area contributed by atoms with Crippen molar-refractivity contribution in [1.29, 1.82) is 0 Å². The zero-order valence-electron chi connectivity index (χ0n) is 11.0. The Hall–Kier alpha value is -2.05. The molecule has 0 bridgehead atoms. The van der Waals surface area contributed by atoms with Crippen molar-refractivity contribution in [3.63, 3.8) is 0 Å². The van der Waals surface area contributed by atoms with Crippen molar-refractivity contribution in [1.82, 2.24) is 5.32 Å². The van der Waals surface area contributed by atoms with Crippen LogP contribution in [0.2, 0.25) is 0 Å². The fourth-order valence-corrected chi connectivity index (χ4v) is 1.70. The van der Waals surface area contributed by atoms with Gasteiger partial charge in [0.2, 0.25) is 5.91 Å². The molecule has 20 heavy (non-hydrogen) atoms. The fraction of sp³-hybridized carbons (Fsp3) is 0.385. The molecular weight excluding hydrogens is 275 g/mol. The Morgan fingerprint density at radius 2 is 1.80 bits per heavy atom. The summed E-state index contributed by atoms with van der Waals surface area (Å²) in [7, 11) is 1.21. The quantitative estimate of drug-likeness (QED) is 0.867. The van der Waals surface area contributed by atoms with Crippen LogP contribution in [0.15, 0.2) is 24.3 Å². The van der Waals surface area contributed by atoms with Crippen LogP contribution in [-0.2, 0) is 9.53 Å². The number of methoxy groups -OCH3 is 1. The molecule has 1 aromatic carbocycles. The molecule has 1 N–H and O–H groups in total. The van der Waals surface area contributed by atoms with Crippen LogP contribution in [0, 0.1) is 0 Å². The van der Waals surface area contributed by atoms with Crippen molar-refractivity contribution in [2.45, 2.75) is 25.6 Å². The maximum Gasteiger partial charge on any atom is 0.391 e. The van der Waals surface area contributed by atoms with E-state index in [4.69, 9.17) is 0 Å². The number of benzene rings is 1. The van der Waals surface area contributed by atoms with Crippen LogP contribution in [0.5, 0.6) is 0 Å². The number of alkyl halides is 3. The Morgan fingerprint density at radius 3 is 2.20 bits per heavy atom. The molecule has 0 saturated carbocycles. The van der Waals surface area contributed by atoms with Crippen molar-refractivity contribution in [3.05, 3.63) is 35.4 Å². The number of rotatable bonds is 4. The normalized spacial score (nSPS) is 12.7. The van der Waals surface area contributed by atoms with Crippen LogP contribution in [0.3, 0.4) is 0 Å². The summed E-state index contributed by atoms with van der Waals surface area (Å²) in [5.41, 5.74) is 0.495. The molecule has 7 heteroatoms. The van der Waals surface area contributed by atoms with Crippen LogP contribution in [0.4, 0.5) is 13.2 Å². The minimum Gasteiger partial charge on any atom is -0.465 e. The Labute approximate surface area is 113 Å². The van der Waals surface area contributed by atoms with Gasteiger partial charge in [-0.3, -0.25) is 4.79 Å². The third-order valence-corrected chi connectivity index (χ3v) is 2.55. The van der Waals surface area contributed by atoms with Gasteiger partial charge in [-0.15, -0.1) is 0 Å². The summed E-state index contributed by atoms with van der Waals surface area (Å²) in [6.07, 6.45) is -5.59. The molecule has 0 spiro atoms. The predicted molar refractivity (Wildman–Crippen MR) is 65.0 cm³/mol. The van der Waals surface area contributed by atoms with Gasteiger partial charge in [-0.25, -0.2) is 4.79 Å². The van der Waals surface area contributed by atoms with E-state index in [-0.39, 0.29) is 11.1 Å². The molecule has 1 unspecified atom stereocenters. The highest BCUT2D eigenvalue weighted by atomic mass is 19.4. The smallest absolute Gasteiger partial charge is 0.391 e. The van der Waals surface area contributed by atoms with Crippen molar-refractivity contribution in [2.24, 2.45) is 0 Å². The number of hydrogen-bond acceptors (Lipinski definition) is 3. The highest BCUT2D eigenvalue weighted by Gasteiger charge is 2.33. The van der Waals surface area contributed by atoms with Gasteiger partial charge in [0.25, 0.3) is 0 Å². The second kappa shape index (κ2) is 6.40. The lowest BCUT2D eigenvalue weighted by Crippen LogP contribution is -2.30. The van der Waals surface area contributed by atoms with Crippen LogP contribution in [0.25, 0.3) is 0 Å². The van der Waals surface area contributed by atoms with Gasteiger partial charge in [0.1, 0.15) is 0 Å². The number of halogens is 3. The van der Waals surface area contributed by atoms with Crippen molar-refractivity contribution >= 4 is 11.9 Å². The first-order valence-corrected chi connectivity index (χ1v) is 5.75. The maximum atomic E-state index is 12.5. The molecule has 1 amide bonds. The lowest BCUT2D eigenvalue weighted by Gasteiger charge is -2.20. The van der Waals surface area contributed by atoms with E-state index in [1.54, 1.807) is 0 Å². The SMILES string of the molecule is COC(=O)c1ccc(C(CC(F)(F)F)NC(C)=O)cc1. The predicted octanol–water partition coefficient (Wildman–Crippen LogP) is 2.60. The number of carbonyl (C=O) groups excluding carboxylic acids is 2. The second-order valence-electron chi connectivity index (χ2n) is 4.19. The van der Waals surface area contributed by atoms with E-state index in [1.807, 2.05) is 0 Å². The molecule has 1 atom stereocenters. The van der Waals surface area contributed by atoms with Gasteiger partial charge in [-0.1, -0.05) is 12.1 Å². The van der Waals surface area contributed by atoms with Gasteiger partial charge in [0.05, 0.1) is 25.1 Å². The van der Waals surface area contributed by atoms with E-state index in [2.05, 4.69) is 10.1 Å². The number of carbonyl (C=O) groups is 2. The lowest BCUT2D eigenvalue weighted by molar-refractivity contribution is -0.142. The maximum absolute atomic E-state index is 12.5. The summed E-state index contributed by atoms with van der Waals surface area (Å²) in [6, 6.07) is 4.25. The molecule has 0 radical (unpaired) electrons. The summed E-state index contributed by atoms with van der Waals surface area (Å²) in [5, 5.41) is 2.24. The van der Waals surface area contributed by atoms with E-state index in [0.717, 1.165) is 6.92 Å². The van der Waals surface area contributed by atoms with E-state index in [1.165, 1.54) is 31.4 Å². The van der Waals surface area contributed by atoms with Crippen LogP contribution >= 0.6 is 0 Å². The van der Waals surface area contributed by atoms with Crippen molar-refractivity contribution in [2.75, 3.05) is 7.11 Å². The average Bonchev–Trinajstić information content (AvgIpc) is 2.35. The van der Waals surface area contributed by atoms with Crippen molar-refractivity contribution in [3.8, 4) is 0 Å². The van der Waals surface area contributed by atoms with Crippen LogP contribution < -0.4 is 5.32 Å².